The molecule has 0 spiro atoms. The number of benzene rings is 2. The monoisotopic (exact) mass is 497 g/mol. The van der Waals surface area contributed by atoms with Crippen LogP contribution in [0.4, 0.5) is 0 Å². The molecule has 0 heterocycles. The van der Waals surface area contributed by atoms with Crippen molar-refractivity contribution in [2.75, 3.05) is 40.5 Å². The van der Waals surface area contributed by atoms with E-state index >= 15 is 0 Å². The Morgan fingerprint density at radius 3 is 2.57 bits per heavy atom. The number of hydrogen-bond acceptors (Lipinski definition) is 3. The highest BCUT2D eigenvalue weighted by Crippen LogP contribution is 2.43. The normalized spacial score (nSPS) is 15.4. The number of nitrogens with one attached hydrogen (secondary N) is 2. The number of rotatable bonds is 9. The number of hydrogen-bond donors (Lipinski definition) is 2. The van der Waals surface area contributed by atoms with Crippen molar-refractivity contribution < 1.29 is 9.47 Å². The van der Waals surface area contributed by atoms with Gasteiger partial charge in [0.25, 0.3) is 0 Å². The fraction of sp³-hybridized carbons (Fsp3) is 0.500. The van der Waals surface area contributed by atoms with Crippen molar-refractivity contribution >= 4 is 40.7 Å². The Balaban J connectivity index is 0.00000280. The maximum atomic E-state index is 5.98. The van der Waals surface area contributed by atoms with Crippen LogP contribution < -0.4 is 15.4 Å². The maximum absolute atomic E-state index is 5.98. The van der Waals surface area contributed by atoms with Crippen molar-refractivity contribution in [1.82, 2.24) is 10.6 Å². The SMILES string of the molecule is CN=C(NCCOc1cccc2ccccc12)NCC1(CCOC)CCC1.I. The summed E-state index contributed by atoms with van der Waals surface area (Å²) in [6, 6.07) is 14.4. The predicted molar refractivity (Wildman–Crippen MR) is 127 cm³/mol. The zero-order chi connectivity index (χ0) is 19.0. The summed E-state index contributed by atoms with van der Waals surface area (Å²) in [6.45, 7) is 3.06. The second-order valence-corrected chi connectivity index (χ2v) is 7.27. The summed E-state index contributed by atoms with van der Waals surface area (Å²) >= 11 is 0. The molecule has 0 bridgehead atoms. The zero-order valence-electron chi connectivity index (χ0n) is 16.9. The highest BCUT2D eigenvalue weighted by atomic mass is 127. The Kier molecular flexibility index (Phi) is 9.31. The highest BCUT2D eigenvalue weighted by molar-refractivity contribution is 14.0. The van der Waals surface area contributed by atoms with Gasteiger partial charge in [-0.1, -0.05) is 42.8 Å². The van der Waals surface area contributed by atoms with Gasteiger partial charge in [0.15, 0.2) is 5.96 Å². The van der Waals surface area contributed by atoms with Gasteiger partial charge in [0.05, 0.1) is 6.54 Å². The molecule has 0 saturated heterocycles. The van der Waals surface area contributed by atoms with Gasteiger partial charge in [-0.05, 0) is 36.1 Å². The summed E-state index contributed by atoms with van der Waals surface area (Å²) in [7, 11) is 3.58. The Bertz CT molecular complexity index is 757. The molecule has 154 valence electrons. The van der Waals surface area contributed by atoms with Crippen molar-refractivity contribution in [2.45, 2.75) is 25.7 Å². The number of nitrogens with zero attached hydrogens (tertiary/aromatic N) is 1. The van der Waals surface area contributed by atoms with Gasteiger partial charge in [0.2, 0.25) is 0 Å². The van der Waals surface area contributed by atoms with Gasteiger partial charge >= 0.3 is 0 Å². The average Bonchev–Trinajstić information content (AvgIpc) is 2.68. The summed E-state index contributed by atoms with van der Waals surface area (Å²) in [6.07, 6.45) is 4.96. The molecule has 28 heavy (non-hydrogen) atoms. The Labute approximate surface area is 185 Å². The molecule has 0 aromatic heterocycles. The highest BCUT2D eigenvalue weighted by Gasteiger charge is 2.36. The van der Waals surface area contributed by atoms with Crippen molar-refractivity contribution in [3.8, 4) is 5.75 Å². The van der Waals surface area contributed by atoms with E-state index in [-0.39, 0.29) is 24.0 Å². The molecule has 0 atom stereocenters. The fourth-order valence-corrected chi connectivity index (χ4v) is 3.65. The zero-order valence-corrected chi connectivity index (χ0v) is 19.2. The van der Waals surface area contributed by atoms with Crippen LogP contribution in [0.15, 0.2) is 47.5 Å². The van der Waals surface area contributed by atoms with E-state index in [2.05, 4.69) is 33.8 Å². The third kappa shape index (κ3) is 5.98. The Morgan fingerprint density at radius 2 is 1.86 bits per heavy atom. The largest absolute Gasteiger partial charge is 0.491 e. The minimum absolute atomic E-state index is 0. The summed E-state index contributed by atoms with van der Waals surface area (Å²) in [5, 5.41) is 9.17. The van der Waals surface area contributed by atoms with E-state index in [1.54, 1.807) is 7.11 Å². The van der Waals surface area contributed by atoms with E-state index in [1.807, 2.05) is 31.3 Å². The lowest BCUT2D eigenvalue weighted by Crippen LogP contribution is -2.47. The summed E-state index contributed by atoms with van der Waals surface area (Å²) in [4.78, 5) is 4.33. The topological polar surface area (TPSA) is 54.9 Å². The minimum Gasteiger partial charge on any atom is -0.491 e. The van der Waals surface area contributed by atoms with Crippen molar-refractivity contribution in [2.24, 2.45) is 10.4 Å². The first-order valence-electron chi connectivity index (χ1n) is 9.80. The second kappa shape index (κ2) is 11.5. The second-order valence-electron chi connectivity index (χ2n) is 7.27. The van der Waals surface area contributed by atoms with E-state index in [1.165, 1.54) is 24.6 Å². The molecule has 1 aliphatic carbocycles. The molecule has 1 saturated carbocycles. The molecule has 1 fully saturated rings. The molecule has 2 aromatic carbocycles. The van der Waals surface area contributed by atoms with Crippen LogP contribution in [-0.2, 0) is 4.74 Å². The molecule has 2 N–H and O–H groups in total. The predicted octanol–water partition coefficient (Wildman–Crippen LogP) is 4.21. The van der Waals surface area contributed by atoms with E-state index in [9.17, 15) is 0 Å². The van der Waals surface area contributed by atoms with Crippen LogP contribution in [0.2, 0.25) is 0 Å². The molecular formula is C22H32IN3O2. The smallest absolute Gasteiger partial charge is 0.191 e. The van der Waals surface area contributed by atoms with Crippen LogP contribution in [-0.4, -0.2) is 46.4 Å². The van der Waals surface area contributed by atoms with Crippen LogP contribution in [0.1, 0.15) is 25.7 Å². The van der Waals surface area contributed by atoms with Gasteiger partial charge in [0, 0.05) is 32.7 Å². The third-order valence-corrected chi connectivity index (χ3v) is 5.51. The van der Waals surface area contributed by atoms with Crippen molar-refractivity contribution in [3.05, 3.63) is 42.5 Å². The van der Waals surface area contributed by atoms with Gasteiger partial charge in [-0.15, -0.1) is 24.0 Å². The molecular weight excluding hydrogens is 465 g/mol. The number of fused-ring (bicyclic) bond motifs is 1. The van der Waals surface area contributed by atoms with Crippen LogP contribution >= 0.6 is 24.0 Å². The summed E-state index contributed by atoms with van der Waals surface area (Å²) in [5.41, 5.74) is 0.368. The van der Waals surface area contributed by atoms with Crippen molar-refractivity contribution in [1.29, 1.82) is 0 Å². The van der Waals surface area contributed by atoms with Crippen LogP contribution in [0, 0.1) is 5.41 Å². The molecule has 0 aliphatic heterocycles. The van der Waals surface area contributed by atoms with E-state index < -0.39 is 0 Å². The Morgan fingerprint density at radius 1 is 1.07 bits per heavy atom. The molecule has 0 radical (unpaired) electrons. The van der Waals surface area contributed by atoms with Crippen LogP contribution in [0.25, 0.3) is 10.8 Å². The van der Waals surface area contributed by atoms with Gasteiger partial charge in [0.1, 0.15) is 12.4 Å². The lowest BCUT2D eigenvalue weighted by Gasteiger charge is -2.42. The van der Waals surface area contributed by atoms with Gasteiger partial charge in [-0.2, -0.15) is 0 Å². The molecule has 2 aromatic rings. The minimum atomic E-state index is 0. The summed E-state index contributed by atoms with van der Waals surface area (Å²) in [5.74, 6) is 1.76. The number of ether oxygens (including phenoxy) is 2. The molecule has 1 aliphatic rings. The maximum Gasteiger partial charge on any atom is 0.191 e. The lowest BCUT2D eigenvalue weighted by atomic mass is 9.67. The number of aliphatic imine (C=N–C) groups is 1. The first-order chi connectivity index (χ1) is 13.3. The average molecular weight is 497 g/mol. The van der Waals surface area contributed by atoms with Gasteiger partial charge in [-0.25, -0.2) is 0 Å². The van der Waals surface area contributed by atoms with Crippen LogP contribution in [0.5, 0.6) is 5.75 Å². The number of methoxy groups -OCH3 is 1. The van der Waals surface area contributed by atoms with E-state index in [0.717, 1.165) is 36.7 Å². The lowest BCUT2D eigenvalue weighted by molar-refractivity contribution is 0.0732. The van der Waals surface area contributed by atoms with Gasteiger partial charge in [-0.3, -0.25) is 4.99 Å². The summed E-state index contributed by atoms with van der Waals surface area (Å²) < 4.78 is 11.3. The molecule has 0 unspecified atom stereocenters. The third-order valence-electron chi connectivity index (χ3n) is 5.51. The molecule has 0 amide bonds. The van der Waals surface area contributed by atoms with Crippen LogP contribution in [0.3, 0.4) is 0 Å². The number of guanidine groups is 1. The Hall–Kier alpha value is -1.54. The fourth-order valence-electron chi connectivity index (χ4n) is 3.65. The van der Waals surface area contributed by atoms with Gasteiger partial charge < -0.3 is 20.1 Å². The van der Waals surface area contributed by atoms with Crippen molar-refractivity contribution in [3.63, 3.8) is 0 Å². The molecule has 5 nitrogen and oxygen atoms in total. The molecule has 3 rings (SSSR count). The quantitative estimate of drug-likeness (QED) is 0.236. The first-order valence-corrected chi connectivity index (χ1v) is 9.80. The van der Waals surface area contributed by atoms with E-state index in [0.29, 0.717) is 18.6 Å². The first kappa shape index (κ1) is 22.7. The van der Waals surface area contributed by atoms with E-state index in [4.69, 9.17) is 9.47 Å². The number of halogens is 1. The standard InChI is InChI=1S/C22H31N3O2.HI/c1-23-21(25-17-22(11-6-12-22)13-15-26-2)24-14-16-27-20-10-5-8-18-7-3-4-9-19(18)20;/h3-5,7-10H,6,11-17H2,1-2H3,(H2,23,24,25);1H. The molecule has 6 heteroatoms.